The molecule has 0 heterocycles. The number of halogens is 1. The molecule has 2 aromatic carbocycles. The molecule has 0 saturated carbocycles. The van der Waals surface area contributed by atoms with Gasteiger partial charge in [-0.3, -0.25) is 9.10 Å². The highest BCUT2D eigenvalue weighted by Gasteiger charge is 2.30. The molecule has 0 spiro atoms. The predicted octanol–water partition coefficient (Wildman–Crippen LogP) is 2.62. The molecule has 8 heteroatoms. The lowest BCUT2D eigenvalue weighted by Crippen LogP contribution is -2.48. The van der Waals surface area contributed by atoms with Crippen LogP contribution in [0.15, 0.2) is 54.6 Å². The van der Waals surface area contributed by atoms with Crippen molar-refractivity contribution < 1.29 is 17.6 Å². The van der Waals surface area contributed by atoms with Gasteiger partial charge in [-0.1, -0.05) is 30.3 Å². The summed E-state index contributed by atoms with van der Waals surface area (Å²) in [6, 6.07) is 14.3. The van der Waals surface area contributed by atoms with Crippen molar-refractivity contribution in [3.05, 3.63) is 60.4 Å². The molecule has 0 fully saturated rings. The van der Waals surface area contributed by atoms with Crippen LogP contribution in [-0.4, -0.2) is 46.8 Å². The molecule has 152 valence electrons. The first-order chi connectivity index (χ1) is 13.2. The lowest BCUT2D eigenvalue weighted by Gasteiger charge is -2.28. The van der Waals surface area contributed by atoms with E-state index in [1.54, 1.807) is 0 Å². The zero-order valence-electron chi connectivity index (χ0n) is 16.3. The quantitative estimate of drug-likeness (QED) is 0.649. The summed E-state index contributed by atoms with van der Waals surface area (Å²) in [5, 5.41) is 2.74. The van der Waals surface area contributed by atoms with Crippen LogP contribution >= 0.6 is 0 Å². The summed E-state index contributed by atoms with van der Waals surface area (Å²) in [6.07, 6.45) is 1.64. The second-order valence-electron chi connectivity index (χ2n) is 6.59. The van der Waals surface area contributed by atoms with Gasteiger partial charge < -0.3 is 10.2 Å². The van der Waals surface area contributed by atoms with Gasteiger partial charge in [0.1, 0.15) is 11.9 Å². The molecule has 0 aromatic heterocycles. The fourth-order valence-corrected chi connectivity index (χ4v) is 4.07. The molecule has 2 rings (SSSR count). The zero-order chi connectivity index (χ0) is 20.7. The summed E-state index contributed by atoms with van der Waals surface area (Å²) in [6.45, 7) is 2.55. The van der Waals surface area contributed by atoms with Crippen LogP contribution in [-0.2, 0) is 14.8 Å². The first kappa shape index (κ1) is 21.7. The SMILES string of the molecule is C[C@H](C(=O)NCCCN(C)c1ccccc1)N(c1ccccc1F)S(C)(=O)=O. The monoisotopic (exact) mass is 407 g/mol. The maximum absolute atomic E-state index is 14.1. The molecule has 0 saturated heterocycles. The van der Waals surface area contributed by atoms with Crippen molar-refractivity contribution in [2.45, 2.75) is 19.4 Å². The Bertz CT molecular complexity index is 891. The Labute approximate surface area is 166 Å². The molecule has 6 nitrogen and oxygen atoms in total. The second-order valence-corrected chi connectivity index (χ2v) is 8.45. The van der Waals surface area contributed by atoms with Crippen LogP contribution in [0, 0.1) is 5.82 Å². The van der Waals surface area contributed by atoms with Gasteiger partial charge in [-0.2, -0.15) is 0 Å². The van der Waals surface area contributed by atoms with Crippen molar-refractivity contribution in [1.82, 2.24) is 5.32 Å². The number of carbonyl (C=O) groups excluding carboxylic acids is 1. The minimum Gasteiger partial charge on any atom is -0.375 e. The maximum atomic E-state index is 14.1. The average molecular weight is 408 g/mol. The number of para-hydroxylation sites is 2. The number of carbonyl (C=O) groups is 1. The lowest BCUT2D eigenvalue weighted by atomic mass is 10.2. The number of nitrogens with zero attached hydrogens (tertiary/aromatic N) is 2. The van der Waals surface area contributed by atoms with E-state index in [0.717, 1.165) is 28.9 Å². The Balaban J connectivity index is 1.95. The number of benzene rings is 2. The van der Waals surface area contributed by atoms with E-state index < -0.39 is 27.8 Å². The molecule has 0 aliphatic heterocycles. The molecule has 0 unspecified atom stereocenters. The number of hydrogen-bond acceptors (Lipinski definition) is 4. The lowest BCUT2D eigenvalue weighted by molar-refractivity contribution is -0.121. The smallest absolute Gasteiger partial charge is 0.243 e. The molecule has 1 atom stereocenters. The van der Waals surface area contributed by atoms with Crippen molar-refractivity contribution in [2.24, 2.45) is 0 Å². The molecule has 2 aromatic rings. The molecule has 0 radical (unpaired) electrons. The molecule has 1 amide bonds. The fraction of sp³-hybridized carbons (Fsp3) is 0.350. The minimum atomic E-state index is -3.84. The Morgan fingerprint density at radius 1 is 1.11 bits per heavy atom. The highest BCUT2D eigenvalue weighted by atomic mass is 32.2. The summed E-state index contributed by atoms with van der Waals surface area (Å²) in [5.74, 6) is -1.17. The van der Waals surface area contributed by atoms with Crippen LogP contribution in [0.25, 0.3) is 0 Å². The van der Waals surface area contributed by atoms with E-state index in [1.807, 2.05) is 37.4 Å². The molecular formula is C20H26FN3O3S. The summed E-state index contributed by atoms with van der Waals surface area (Å²) in [5.41, 5.74) is 0.932. The number of amides is 1. The maximum Gasteiger partial charge on any atom is 0.243 e. The molecular weight excluding hydrogens is 381 g/mol. The van der Waals surface area contributed by atoms with Crippen molar-refractivity contribution in [3.63, 3.8) is 0 Å². The van der Waals surface area contributed by atoms with Crippen LogP contribution in [0.2, 0.25) is 0 Å². The van der Waals surface area contributed by atoms with Crippen molar-refractivity contribution >= 4 is 27.3 Å². The Morgan fingerprint density at radius 3 is 2.32 bits per heavy atom. The van der Waals surface area contributed by atoms with E-state index in [0.29, 0.717) is 13.0 Å². The van der Waals surface area contributed by atoms with E-state index in [9.17, 15) is 17.6 Å². The number of nitrogens with one attached hydrogen (secondary N) is 1. The first-order valence-corrected chi connectivity index (χ1v) is 10.8. The topological polar surface area (TPSA) is 69.7 Å². The highest BCUT2D eigenvalue weighted by Crippen LogP contribution is 2.24. The van der Waals surface area contributed by atoms with Crippen LogP contribution in [0.4, 0.5) is 15.8 Å². The van der Waals surface area contributed by atoms with E-state index in [2.05, 4.69) is 10.2 Å². The van der Waals surface area contributed by atoms with Crippen molar-refractivity contribution in [1.29, 1.82) is 0 Å². The Hall–Kier alpha value is -2.61. The van der Waals surface area contributed by atoms with E-state index >= 15 is 0 Å². The summed E-state index contributed by atoms with van der Waals surface area (Å²) < 4.78 is 39.3. The van der Waals surface area contributed by atoms with Gasteiger partial charge in [0.05, 0.1) is 11.9 Å². The minimum absolute atomic E-state index is 0.142. The first-order valence-electron chi connectivity index (χ1n) is 8.99. The number of rotatable bonds is 9. The van der Waals surface area contributed by atoms with Gasteiger partial charge in [-0.05, 0) is 37.6 Å². The predicted molar refractivity (Wildman–Crippen MR) is 111 cm³/mol. The van der Waals surface area contributed by atoms with E-state index in [1.165, 1.54) is 25.1 Å². The Morgan fingerprint density at radius 2 is 1.71 bits per heavy atom. The van der Waals surface area contributed by atoms with Crippen LogP contribution in [0.1, 0.15) is 13.3 Å². The number of sulfonamides is 1. The van der Waals surface area contributed by atoms with Crippen LogP contribution < -0.4 is 14.5 Å². The molecule has 28 heavy (non-hydrogen) atoms. The molecule has 0 bridgehead atoms. The second kappa shape index (κ2) is 9.54. The highest BCUT2D eigenvalue weighted by molar-refractivity contribution is 7.92. The summed E-state index contributed by atoms with van der Waals surface area (Å²) in [4.78, 5) is 14.5. The van der Waals surface area contributed by atoms with Crippen LogP contribution in [0.5, 0.6) is 0 Å². The van der Waals surface area contributed by atoms with Crippen molar-refractivity contribution in [3.8, 4) is 0 Å². The summed E-state index contributed by atoms with van der Waals surface area (Å²) in [7, 11) is -1.88. The third kappa shape index (κ3) is 5.69. The molecule has 0 aliphatic carbocycles. The fourth-order valence-electron chi connectivity index (χ4n) is 2.90. The van der Waals surface area contributed by atoms with Gasteiger partial charge in [-0.15, -0.1) is 0 Å². The third-order valence-electron chi connectivity index (χ3n) is 4.34. The van der Waals surface area contributed by atoms with Gasteiger partial charge >= 0.3 is 0 Å². The number of anilines is 2. The van der Waals surface area contributed by atoms with Crippen molar-refractivity contribution in [2.75, 3.05) is 35.6 Å². The Kier molecular flexibility index (Phi) is 7.39. The normalized spacial score (nSPS) is 12.3. The van der Waals surface area contributed by atoms with Gasteiger partial charge in [-0.25, -0.2) is 12.8 Å². The standard InChI is InChI=1S/C20H26FN3O3S/c1-16(24(28(3,26)27)19-13-8-7-12-18(19)21)20(25)22-14-9-15-23(2)17-10-5-4-6-11-17/h4-8,10-13,16H,9,14-15H2,1-3H3,(H,22,25)/t16-/m1/s1. The van der Waals surface area contributed by atoms with Gasteiger partial charge in [0.15, 0.2) is 0 Å². The van der Waals surface area contributed by atoms with E-state index in [4.69, 9.17) is 0 Å². The van der Waals surface area contributed by atoms with Gasteiger partial charge in [0, 0.05) is 25.8 Å². The largest absolute Gasteiger partial charge is 0.375 e. The third-order valence-corrected chi connectivity index (χ3v) is 5.57. The van der Waals surface area contributed by atoms with Crippen LogP contribution in [0.3, 0.4) is 0 Å². The zero-order valence-corrected chi connectivity index (χ0v) is 17.1. The molecule has 0 aliphatic rings. The average Bonchev–Trinajstić information content (AvgIpc) is 2.66. The van der Waals surface area contributed by atoms with Gasteiger partial charge in [0.2, 0.25) is 15.9 Å². The summed E-state index contributed by atoms with van der Waals surface area (Å²) >= 11 is 0. The number of hydrogen-bond donors (Lipinski definition) is 1. The van der Waals surface area contributed by atoms with Gasteiger partial charge in [0.25, 0.3) is 0 Å². The molecule has 1 N–H and O–H groups in total. The van der Waals surface area contributed by atoms with E-state index in [-0.39, 0.29) is 5.69 Å².